The van der Waals surface area contributed by atoms with Crippen molar-refractivity contribution in [3.05, 3.63) is 29.8 Å². The fourth-order valence-corrected chi connectivity index (χ4v) is 6.93. The number of para-hydroxylation sites is 1. The topological polar surface area (TPSA) is 40.6 Å². The van der Waals surface area contributed by atoms with Gasteiger partial charge in [-0.2, -0.15) is 0 Å². The molecular formula is C19H20N2O2. The van der Waals surface area contributed by atoms with Crippen molar-refractivity contribution in [2.24, 2.45) is 5.41 Å². The van der Waals surface area contributed by atoms with Gasteiger partial charge in [-0.05, 0) is 37.4 Å². The fourth-order valence-electron chi connectivity index (χ4n) is 6.93. The van der Waals surface area contributed by atoms with Crippen LogP contribution in [0, 0.1) is 5.41 Å². The van der Waals surface area contributed by atoms with Crippen LogP contribution in [0.2, 0.25) is 0 Å². The number of piperidine rings is 3. The highest BCUT2D eigenvalue weighted by Crippen LogP contribution is 2.68. The number of ketones is 1. The molecule has 4 heterocycles. The number of carbonyl (C=O) groups is 2. The third-order valence-electron chi connectivity index (χ3n) is 7.51. The second-order valence-electron chi connectivity index (χ2n) is 8.07. The van der Waals surface area contributed by atoms with Crippen molar-refractivity contribution in [3.63, 3.8) is 0 Å². The number of carbonyl (C=O) groups excluding carboxylic acids is 2. The molecule has 3 saturated heterocycles. The van der Waals surface area contributed by atoms with Crippen molar-refractivity contribution < 1.29 is 9.59 Å². The Morgan fingerprint density at radius 3 is 2.87 bits per heavy atom. The van der Waals surface area contributed by atoms with E-state index in [1.807, 2.05) is 6.07 Å². The van der Waals surface area contributed by atoms with Crippen molar-refractivity contribution in [2.45, 2.75) is 49.6 Å². The van der Waals surface area contributed by atoms with Crippen LogP contribution in [-0.4, -0.2) is 41.3 Å². The fraction of sp³-hybridized carbons (Fsp3) is 0.579. The van der Waals surface area contributed by atoms with E-state index in [-0.39, 0.29) is 22.9 Å². The van der Waals surface area contributed by atoms with Crippen molar-refractivity contribution in [2.75, 3.05) is 18.0 Å². The molecule has 4 fully saturated rings. The van der Waals surface area contributed by atoms with E-state index in [0.717, 1.165) is 38.0 Å². The van der Waals surface area contributed by atoms with Crippen molar-refractivity contribution in [3.8, 4) is 0 Å². The minimum atomic E-state index is -0.382. The highest BCUT2D eigenvalue weighted by atomic mass is 16.2. The van der Waals surface area contributed by atoms with Crippen LogP contribution >= 0.6 is 0 Å². The maximum atomic E-state index is 13.1. The van der Waals surface area contributed by atoms with E-state index < -0.39 is 0 Å². The minimum absolute atomic E-state index is 0.145. The van der Waals surface area contributed by atoms with Gasteiger partial charge < -0.3 is 4.90 Å². The summed E-state index contributed by atoms with van der Waals surface area (Å²) in [5, 5.41) is 0. The van der Waals surface area contributed by atoms with Gasteiger partial charge in [0.25, 0.3) is 0 Å². The molecule has 4 heteroatoms. The zero-order valence-electron chi connectivity index (χ0n) is 13.1. The first-order valence-corrected chi connectivity index (χ1v) is 8.88. The number of anilines is 1. The maximum Gasteiger partial charge on any atom is 0.228 e. The molecule has 4 nitrogen and oxygen atoms in total. The smallest absolute Gasteiger partial charge is 0.228 e. The maximum absolute atomic E-state index is 13.1. The van der Waals surface area contributed by atoms with E-state index in [9.17, 15) is 9.59 Å². The lowest BCUT2D eigenvalue weighted by Gasteiger charge is -2.60. The molecule has 6 rings (SSSR count). The lowest BCUT2D eigenvalue weighted by molar-refractivity contribution is -0.150. The number of Topliss-reactive ketones (excluding diaryl/α,β-unsaturated/α-hetero) is 1. The highest BCUT2D eigenvalue weighted by molar-refractivity contribution is 6.05. The van der Waals surface area contributed by atoms with Crippen LogP contribution < -0.4 is 4.90 Å². The largest absolute Gasteiger partial charge is 0.304 e. The number of benzene rings is 1. The molecule has 2 bridgehead atoms. The third kappa shape index (κ3) is 1.14. The van der Waals surface area contributed by atoms with Crippen LogP contribution in [0.25, 0.3) is 0 Å². The predicted molar refractivity (Wildman–Crippen MR) is 85.3 cm³/mol. The number of hydrogen-bond donors (Lipinski definition) is 0. The van der Waals surface area contributed by atoms with Crippen LogP contribution in [0.3, 0.4) is 0 Å². The average Bonchev–Trinajstić information content (AvgIpc) is 3.01. The molecule has 1 aromatic carbocycles. The van der Waals surface area contributed by atoms with Crippen LogP contribution in [0.1, 0.15) is 43.6 Å². The Hall–Kier alpha value is -1.68. The Labute approximate surface area is 135 Å². The summed E-state index contributed by atoms with van der Waals surface area (Å²) in [7, 11) is 0. The van der Waals surface area contributed by atoms with Gasteiger partial charge in [-0.25, -0.2) is 0 Å². The Kier molecular flexibility index (Phi) is 2.04. The molecule has 1 aliphatic carbocycles. The molecule has 0 radical (unpaired) electrons. The molecule has 1 spiro atoms. The molecule has 5 aliphatic rings. The molecule has 1 aromatic rings. The normalized spacial score (nSPS) is 43.6. The Morgan fingerprint density at radius 2 is 1.96 bits per heavy atom. The van der Waals surface area contributed by atoms with Gasteiger partial charge in [-0.15, -0.1) is 0 Å². The second-order valence-corrected chi connectivity index (χ2v) is 8.07. The standard InChI is InChI=1S/C19H20N2O2/c22-15-6-10-20-9-5-13-12-3-1-2-4-14(12)21-16(23)11-18(15)7-8-19(13,21)17(18)20/h1-4,13,17H,5-11H2/t13-,17-,18-,19+/m1/s1. The summed E-state index contributed by atoms with van der Waals surface area (Å²) in [6, 6.07) is 8.71. The van der Waals surface area contributed by atoms with E-state index in [4.69, 9.17) is 0 Å². The number of fused-ring (bicyclic) bond motifs is 3. The van der Waals surface area contributed by atoms with E-state index >= 15 is 0 Å². The van der Waals surface area contributed by atoms with E-state index in [0.29, 0.717) is 24.5 Å². The van der Waals surface area contributed by atoms with Gasteiger partial charge in [0.15, 0.2) is 0 Å². The minimum Gasteiger partial charge on any atom is -0.304 e. The van der Waals surface area contributed by atoms with Crippen molar-refractivity contribution in [1.82, 2.24) is 4.90 Å². The molecule has 0 aromatic heterocycles. The van der Waals surface area contributed by atoms with Gasteiger partial charge in [0.05, 0.1) is 11.0 Å². The van der Waals surface area contributed by atoms with Gasteiger partial charge in [-0.1, -0.05) is 18.2 Å². The summed E-state index contributed by atoms with van der Waals surface area (Å²) in [5.74, 6) is 0.961. The van der Waals surface area contributed by atoms with E-state index in [1.54, 1.807) is 0 Å². The van der Waals surface area contributed by atoms with Crippen LogP contribution in [0.4, 0.5) is 5.69 Å². The first kappa shape index (κ1) is 12.7. The molecular weight excluding hydrogens is 288 g/mol. The summed E-state index contributed by atoms with van der Waals surface area (Å²) >= 11 is 0. The second kappa shape index (κ2) is 3.69. The zero-order chi connectivity index (χ0) is 15.4. The molecule has 1 amide bonds. The monoisotopic (exact) mass is 308 g/mol. The van der Waals surface area contributed by atoms with Gasteiger partial charge >= 0.3 is 0 Å². The van der Waals surface area contributed by atoms with E-state index in [2.05, 4.69) is 28.0 Å². The molecule has 4 atom stereocenters. The highest BCUT2D eigenvalue weighted by Gasteiger charge is 2.75. The van der Waals surface area contributed by atoms with Crippen molar-refractivity contribution >= 4 is 17.4 Å². The van der Waals surface area contributed by atoms with Crippen LogP contribution in [0.5, 0.6) is 0 Å². The van der Waals surface area contributed by atoms with Crippen molar-refractivity contribution in [1.29, 1.82) is 0 Å². The molecule has 23 heavy (non-hydrogen) atoms. The Morgan fingerprint density at radius 1 is 1.09 bits per heavy atom. The van der Waals surface area contributed by atoms with Crippen LogP contribution in [-0.2, 0) is 9.59 Å². The molecule has 4 aliphatic heterocycles. The lowest BCUT2D eigenvalue weighted by Crippen LogP contribution is -2.74. The Balaban J connectivity index is 1.66. The number of amides is 1. The SMILES string of the molecule is O=C1C[C@]23CC[C@]45[C@H](CCN(CCC2=O)[C@H]34)c2ccccc2N15. The van der Waals surface area contributed by atoms with Gasteiger partial charge in [-0.3, -0.25) is 14.5 Å². The summed E-state index contributed by atoms with van der Waals surface area (Å²) in [6.07, 6.45) is 4.07. The first-order chi connectivity index (χ1) is 11.2. The number of hydrogen-bond acceptors (Lipinski definition) is 3. The number of nitrogens with zero attached hydrogens (tertiary/aromatic N) is 2. The number of rotatable bonds is 0. The summed E-state index contributed by atoms with van der Waals surface area (Å²) in [4.78, 5) is 30.7. The summed E-state index contributed by atoms with van der Waals surface area (Å²) < 4.78 is 0. The average molecular weight is 308 g/mol. The quantitative estimate of drug-likeness (QED) is 0.737. The Bertz CT molecular complexity index is 774. The summed E-state index contributed by atoms with van der Waals surface area (Å²) in [6.45, 7) is 1.96. The van der Waals surface area contributed by atoms with Gasteiger partial charge in [0.2, 0.25) is 5.91 Å². The summed E-state index contributed by atoms with van der Waals surface area (Å²) in [5.41, 5.74) is 1.94. The lowest BCUT2D eigenvalue weighted by atomic mass is 9.61. The third-order valence-corrected chi connectivity index (χ3v) is 7.51. The van der Waals surface area contributed by atoms with Crippen LogP contribution in [0.15, 0.2) is 24.3 Å². The van der Waals surface area contributed by atoms with Gasteiger partial charge in [0, 0.05) is 37.0 Å². The molecule has 0 unspecified atom stereocenters. The molecule has 1 saturated carbocycles. The first-order valence-electron chi connectivity index (χ1n) is 8.88. The predicted octanol–water partition coefficient (Wildman–Crippen LogP) is 2.09. The molecule has 118 valence electrons. The zero-order valence-corrected chi connectivity index (χ0v) is 13.1. The molecule has 0 N–H and O–H groups in total. The van der Waals surface area contributed by atoms with Gasteiger partial charge in [0.1, 0.15) is 5.78 Å². The van der Waals surface area contributed by atoms with E-state index in [1.165, 1.54) is 5.56 Å².